The van der Waals surface area contributed by atoms with Crippen LogP contribution in [0.4, 0.5) is 5.69 Å². The average Bonchev–Trinajstić information content (AvgIpc) is 3.50. The lowest BCUT2D eigenvalue weighted by molar-refractivity contribution is 0.388. The van der Waals surface area contributed by atoms with E-state index in [9.17, 15) is 9.59 Å². The maximum atomic E-state index is 13.6. The van der Waals surface area contributed by atoms with Crippen LogP contribution in [-0.2, 0) is 7.05 Å². The van der Waals surface area contributed by atoms with Gasteiger partial charge >= 0.3 is 5.76 Å². The molecule has 5 heterocycles. The number of halogens is 1. The van der Waals surface area contributed by atoms with E-state index >= 15 is 0 Å². The number of aryl methyl sites for hydroxylation is 2. The van der Waals surface area contributed by atoms with Gasteiger partial charge in [-0.1, -0.05) is 22.8 Å². The van der Waals surface area contributed by atoms with E-state index in [1.54, 1.807) is 29.8 Å². The monoisotopic (exact) mass is 543 g/mol. The molecule has 0 aliphatic rings. The van der Waals surface area contributed by atoms with E-state index in [1.165, 1.54) is 0 Å². The standard InChI is InChI=1S/C27H22ClN7O4/c1-12-9-15(14(3)29-18-7-8-21(28)31-22(18)26-32-27(37)39-34-26)25-16(10-12)23(36)13(2)24(38-25)19-6-5-17-20(30-19)11-35(4)33-17/h5-11,14,29H,1-4H3,(H,32,34,37). The fourth-order valence-corrected chi connectivity index (χ4v) is 4.81. The second-order valence-electron chi connectivity index (χ2n) is 9.36. The fourth-order valence-electron chi connectivity index (χ4n) is 4.66. The topological polar surface area (TPSA) is 145 Å². The number of nitrogens with one attached hydrogen (secondary N) is 2. The molecule has 0 radical (unpaired) electrons. The summed E-state index contributed by atoms with van der Waals surface area (Å²) < 4.78 is 12.8. The highest BCUT2D eigenvalue weighted by atomic mass is 35.5. The molecule has 0 fully saturated rings. The quantitative estimate of drug-likeness (QED) is 0.289. The molecule has 0 bridgehead atoms. The number of anilines is 1. The molecule has 6 aromatic rings. The summed E-state index contributed by atoms with van der Waals surface area (Å²) in [6, 6.07) is 10.4. The molecule has 11 nitrogen and oxygen atoms in total. The van der Waals surface area contributed by atoms with Gasteiger partial charge in [0.15, 0.2) is 11.2 Å². The fraction of sp³-hybridized carbons (Fsp3) is 0.185. The molecule has 0 aliphatic carbocycles. The van der Waals surface area contributed by atoms with Crippen molar-refractivity contribution in [3.05, 3.63) is 85.2 Å². The van der Waals surface area contributed by atoms with Crippen molar-refractivity contribution in [3.8, 4) is 23.0 Å². The van der Waals surface area contributed by atoms with Crippen LogP contribution < -0.4 is 16.5 Å². The van der Waals surface area contributed by atoms with Gasteiger partial charge in [-0.3, -0.25) is 19.0 Å². The number of hydrogen-bond acceptors (Lipinski definition) is 9. The van der Waals surface area contributed by atoms with E-state index in [-0.39, 0.29) is 22.4 Å². The Balaban J connectivity index is 1.49. The molecule has 2 N–H and O–H groups in total. The summed E-state index contributed by atoms with van der Waals surface area (Å²) in [6.07, 6.45) is 1.81. The number of fused-ring (bicyclic) bond motifs is 2. The van der Waals surface area contributed by atoms with Gasteiger partial charge in [-0.15, -0.1) is 0 Å². The van der Waals surface area contributed by atoms with Gasteiger partial charge in [0.1, 0.15) is 33.2 Å². The highest BCUT2D eigenvalue weighted by Gasteiger charge is 2.21. The highest BCUT2D eigenvalue weighted by molar-refractivity contribution is 6.29. The molecule has 0 saturated carbocycles. The Hall–Kier alpha value is -4.77. The zero-order valence-electron chi connectivity index (χ0n) is 21.4. The maximum absolute atomic E-state index is 13.6. The van der Waals surface area contributed by atoms with Crippen molar-refractivity contribution in [2.45, 2.75) is 26.8 Å². The maximum Gasteiger partial charge on any atom is 0.439 e. The summed E-state index contributed by atoms with van der Waals surface area (Å²) in [7, 11) is 1.83. The number of benzene rings is 1. The molecular weight excluding hydrogens is 522 g/mol. The van der Waals surface area contributed by atoms with E-state index in [1.807, 2.05) is 45.3 Å². The lowest BCUT2D eigenvalue weighted by Gasteiger charge is -2.20. The van der Waals surface area contributed by atoms with Gasteiger partial charge in [0, 0.05) is 18.2 Å². The molecule has 1 atom stereocenters. The minimum atomic E-state index is -0.710. The third-order valence-corrected chi connectivity index (χ3v) is 6.68. The third-order valence-electron chi connectivity index (χ3n) is 6.47. The van der Waals surface area contributed by atoms with Crippen LogP contribution in [0.3, 0.4) is 0 Å². The van der Waals surface area contributed by atoms with E-state index < -0.39 is 5.76 Å². The normalized spacial score (nSPS) is 12.3. The third kappa shape index (κ3) is 4.36. The first kappa shape index (κ1) is 24.6. The van der Waals surface area contributed by atoms with Gasteiger partial charge in [-0.25, -0.2) is 14.8 Å². The molecular formula is C27H22ClN7O4. The number of H-pyrrole nitrogens is 1. The molecule has 1 unspecified atom stereocenters. The Morgan fingerprint density at radius 2 is 1.90 bits per heavy atom. The molecule has 0 spiro atoms. The van der Waals surface area contributed by atoms with Crippen LogP contribution in [0.25, 0.3) is 45.0 Å². The van der Waals surface area contributed by atoms with Crippen molar-refractivity contribution in [3.63, 3.8) is 0 Å². The molecule has 0 amide bonds. The van der Waals surface area contributed by atoms with Crippen molar-refractivity contribution in [2.75, 3.05) is 5.32 Å². The Morgan fingerprint density at radius 1 is 1.08 bits per heavy atom. The predicted molar refractivity (Wildman–Crippen MR) is 147 cm³/mol. The summed E-state index contributed by atoms with van der Waals surface area (Å²) in [5.74, 6) is -0.185. The van der Waals surface area contributed by atoms with Crippen LogP contribution in [0, 0.1) is 13.8 Å². The lowest BCUT2D eigenvalue weighted by atomic mass is 9.99. The Morgan fingerprint density at radius 3 is 2.67 bits per heavy atom. The first-order valence-electron chi connectivity index (χ1n) is 12.1. The van der Waals surface area contributed by atoms with E-state index in [0.717, 1.165) is 16.6 Å². The van der Waals surface area contributed by atoms with Crippen molar-refractivity contribution in [1.82, 2.24) is 29.9 Å². The first-order chi connectivity index (χ1) is 18.7. The highest BCUT2D eigenvalue weighted by Crippen LogP contribution is 2.34. The van der Waals surface area contributed by atoms with Crippen LogP contribution in [0.5, 0.6) is 0 Å². The van der Waals surface area contributed by atoms with Gasteiger partial charge < -0.3 is 9.73 Å². The summed E-state index contributed by atoms with van der Waals surface area (Å²) in [6.45, 7) is 5.59. The van der Waals surface area contributed by atoms with Crippen LogP contribution in [0.2, 0.25) is 5.15 Å². The Labute approximate surface area is 225 Å². The largest absolute Gasteiger partial charge is 0.454 e. The van der Waals surface area contributed by atoms with Gasteiger partial charge in [0.05, 0.1) is 23.3 Å². The summed E-state index contributed by atoms with van der Waals surface area (Å²) in [5.41, 5.74) is 5.27. The summed E-state index contributed by atoms with van der Waals surface area (Å²) >= 11 is 6.12. The number of pyridine rings is 2. The zero-order valence-corrected chi connectivity index (χ0v) is 22.1. The van der Waals surface area contributed by atoms with Gasteiger partial charge in [-0.05, 0) is 56.7 Å². The SMILES string of the molecule is Cc1cc(C(C)Nc2ccc(Cl)nc2-c2noc(=O)[nH]2)c2oc(-c3ccc4nn(C)cc4n3)c(C)c(=O)c2c1. The molecule has 12 heteroatoms. The van der Waals surface area contributed by atoms with E-state index in [4.69, 9.17) is 21.0 Å². The number of hydrogen-bond donors (Lipinski definition) is 2. The van der Waals surface area contributed by atoms with Crippen molar-refractivity contribution < 1.29 is 8.94 Å². The Bertz CT molecular complexity index is 2020. The van der Waals surface area contributed by atoms with Gasteiger partial charge in [0.25, 0.3) is 0 Å². The van der Waals surface area contributed by atoms with Crippen molar-refractivity contribution in [1.29, 1.82) is 0 Å². The predicted octanol–water partition coefficient (Wildman–Crippen LogP) is 4.92. The van der Waals surface area contributed by atoms with Crippen molar-refractivity contribution >= 4 is 39.3 Å². The molecule has 0 saturated heterocycles. The van der Waals surface area contributed by atoms with Crippen LogP contribution in [-0.4, -0.2) is 29.9 Å². The van der Waals surface area contributed by atoms with Gasteiger partial charge in [0.2, 0.25) is 5.82 Å². The van der Waals surface area contributed by atoms with Crippen LogP contribution >= 0.6 is 11.6 Å². The van der Waals surface area contributed by atoms with Crippen LogP contribution in [0.15, 0.2) is 61.1 Å². The number of aromatic amines is 1. The van der Waals surface area contributed by atoms with Crippen molar-refractivity contribution in [2.24, 2.45) is 7.05 Å². The molecule has 39 heavy (non-hydrogen) atoms. The van der Waals surface area contributed by atoms with E-state index in [0.29, 0.717) is 44.9 Å². The molecule has 1 aromatic carbocycles. The second-order valence-corrected chi connectivity index (χ2v) is 9.75. The summed E-state index contributed by atoms with van der Waals surface area (Å²) in [5, 5.41) is 12.2. The molecule has 0 aliphatic heterocycles. The number of rotatable bonds is 5. The molecule has 5 aromatic heterocycles. The summed E-state index contributed by atoms with van der Waals surface area (Å²) in [4.78, 5) is 36.6. The number of aromatic nitrogens is 6. The van der Waals surface area contributed by atoms with E-state index in [2.05, 4.69) is 30.1 Å². The number of nitrogens with zero attached hydrogens (tertiary/aromatic N) is 5. The van der Waals surface area contributed by atoms with Gasteiger partial charge in [-0.2, -0.15) is 5.10 Å². The Kier molecular flexibility index (Phi) is 5.80. The minimum Gasteiger partial charge on any atom is -0.454 e. The first-order valence-corrected chi connectivity index (χ1v) is 12.4. The zero-order chi connectivity index (χ0) is 27.4. The second kappa shape index (κ2) is 9.21. The lowest BCUT2D eigenvalue weighted by Crippen LogP contribution is -2.13. The molecule has 6 rings (SSSR count). The van der Waals surface area contributed by atoms with Crippen LogP contribution in [0.1, 0.15) is 29.7 Å². The average molecular weight is 544 g/mol. The minimum absolute atomic E-state index is 0.132. The molecule has 196 valence electrons. The smallest absolute Gasteiger partial charge is 0.439 e.